The first-order valence-electron chi connectivity index (χ1n) is 14.4. The lowest BCUT2D eigenvalue weighted by atomic mass is 10.0. The predicted molar refractivity (Wildman–Crippen MR) is 155 cm³/mol. The molecule has 0 N–H and O–H groups in total. The highest BCUT2D eigenvalue weighted by molar-refractivity contribution is 5.91. The Morgan fingerprint density at radius 2 is 1.26 bits per heavy atom. The van der Waals surface area contributed by atoms with Crippen molar-refractivity contribution in [3.63, 3.8) is 0 Å². The molecule has 0 atom stereocenters. The Labute approximate surface area is 228 Å². The Hall–Kier alpha value is -3.14. The lowest BCUT2D eigenvalue weighted by Gasteiger charge is -2.09. The summed E-state index contributed by atoms with van der Waals surface area (Å²) in [5, 5.41) is 0. The molecule has 0 amide bonds. The first kappa shape index (κ1) is 29.4. The summed E-state index contributed by atoms with van der Waals surface area (Å²) in [5.74, 6) is -0.566. The molecule has 0 saturated heterocycles. The second-order valence-corrected chi connectivity index (χ2v) is 10.0. The van der Waals surface area contributed by atoms with E-state index < -0.39 is 11.8 Å². The lowest BCUT2D eigenvalue weighted by molar-refractivity contribution is 0.0734. The zero-order chi connectivity index (χ0) is 27.0. The molecule has 0 spiro atoms. The van der Waals surface area contributed by atoms with E-state index >= 15 is 0 Å². The number of ether oxygens (including phenoxy) is 2. The highest BCUT2D eigenvalue weighted by Gasteiger charge is 2.13. The molecule has 0 aromatic heterocycles. The summed E-state index contributed by atoms with van der Waals surface area (Å²) < 4.78 is 25.4. The molecule has 0 saturated carbocycles. The van der Waals surface area contributed by atoms with Gasteiger partial charge in [0.25, 0.3) is 0 Å². The first-order valence-corrected chi connectivity index (χ1v) is 14.4. The van der Waals surface area contributed by atoms with Crippen molar-refractivity contribution < 1.29 is 18.7 Å². The number of benzene rings is 3. The van der Waals surface area contributed by atoms with Gasteiger partial charge in [-0.1, -0.05) is 108 Å². The van der Waals surface area contributed by atoms with Crippen LogP contribution in [0.2, 0.25) is 0 Å². The minimum Gasteiger partial charge on any atom is -0.491 e. The molecule has 0 aliphatic heterocycles. The van der Waals surface area contributed by atoms with Crippen LogP contribution in [0.4, 0.5) is 4.39 Å². The van der Waals surface area contributed by atoms with Crippen molar-refractivity contribution in [2.75, 3.05) is 6.61 Å². The van der Waals surface area contributed by atoms with E-state index in [1.54, 1.807) is 12.1 Å². The third-order valence-corrected chi connectivity index (χ3v) is 6.84. The standard InChI is InChI=1S/C34H43FO3/c1-3-5-7-9-10-11-12-14-27-15-17-28(18-16-27)29-19-22-31(23-20-29)38-34(36)30-21-24-33(32(35)26-30)37-25-13-8-6-4-2/h15-24,26H,3-14,25H2,1-2H3. The van der Waals surface area contributed by atoms with Crippen molar-refractivity contribution in [3.8, 4) is 22.6 Å². The number of hydrogen-bond donors (Lipinski definition) is 0. The minimum absolute atomic E-state index is 0.154. The Kier molecular flexibility index (Phi) is 12.9. The van der Waals surface area contributed by atoms with Gasteiger partial charge in [0.15, 0.2) is 11.6 Å². The van der Waals surface area contributed by atoms with E-state index in [2.05, 4.69) is 38.1 Å². The summed E-state index contributed by atoms with van der Waals surface area (Å²) in [4.78, 5) is 12.5. The van der Waals surface area contributed by atoms with Gasteiger partial charge in [0.05, 0.1) is 12.2 Å². The number of halogens is 1. The van der Waals surface area contributed by atoms with E-state index in [1.165, 1.54) is 68.7 Å². The van der Waals surface area contributed by atoms with Gasteiger partial charge in [0.1, 0.15) is 5.75 Å². The minimum atomic E-state index is -0.596. The summed E-state index contributed by atoms with van der Waals surface area (Å²) in [6.45, 7) is 4.86. The third-order valence-electron chi connectivity index (χ3n) is 6.84. The number of esters is 1. The predicted octanol–water partition coefficient (Wildman–Crippen LogP) is 9.96. The normalized spacial score (nSPS) is 10.9. The molecule has 0 radical (unpaired) electrons. The van der Waals surface area contributed by atoms with Crippen LogP contribution < -0.4 is 9.47 Å². The van der Waals surface area contributed by atoms with E-state index in [4.69, 9.17) is 9.47 Å². The van der Waals surface area contributed by atoms with E-state index in [9.17, 15) is 9.18 Å². The fraction of sp³-hybridized carbons (Fsp3) is 0.441. The van der Waals surface area contributed by atoms with Gasteiger partial charge in [-0.05, 0) is 66.3 Å². The molecule has 0 aliphatic carbocycles. The van der Waals surface area contributed by atoms with E-state index in [0.29, 0.717) is 12.4 Å². The maximum Gasteiger partial charge on any atom is 0.343 e. The molecule has 0 heterocycles. The van der Waals surface area contributed by atoms with Crippen molar-refractivity contribution in [1.82, 2.24) is 0 Å². The zero-order valence-corrected chi connectivity index (χ0v) is 23.1. The van der Waals surface area contributed by atoms with Gasteiger partial charge in [-0.2, -0.15) is 0 Å². The summed E-state index contributed by atoms with van der Waals surface area (Å²) in [5.41, 5.74) is 3.70. The number of carbonyl (C=O) groups is 1. The van der Waals surface area contributed by atoms with E-state index in [0.717, 1.165) is 43.2 Å². The van der Waals surface area contributed by atoms with Crippen LogP contribution in [0, 0.1) is 5.82 Å². The highest BCUT2D eigenvalue weighted by atomic mass is 19.1. The van der Waals surface area contributed by atoms with Crippen LogP contribution in [-0.2, 0) is 6.42 Å². The van der Waals surface area contributed by atoms with Crippen molar-refractivity contribution in [2.24, 2.45) is 0 Å². The highest BCUT2D eigenvalue weighted by Crippen LogP contribution is 2.25. The van der Waals surface area contributed by atoms with Gasteiger partial charge in [-0.25, -0.2) is 9.18 Å². The summed E-state index contributed by atoms with van der Waals surface area (Å²) in [6.07, 6.45) is 14.6. The van der Waals surface area contributed by atoms with Crippen molar-refractivity contribution >= 4 is 5.97 Å². The average Bonchev–Trinajstić information content (AvgIpc) is 2.94. The maximum absolute atomic E-state index is 14.4. The number of unbranched alkanes of at least 4 members (excludes halogenated alkanes) is 9. The van der Waals surface area contributed by atoms with E-state index in [1.807, 2.05) is 12.1 Å². The number of aryl methyl sites for hydroxylation is 1. The molecule has 3 nitrogen and oxygen atoms in total. The van der Waals surface area contributed by atoms with Crippen molar-refractivity contribution in [1.29, 1.82) is 0 Å². The fourth-order valence-electron chi connectivity index (χ4n) is 4.49. The van der Waals surface area contributed by atoms with Crippen LogP contribution in [0.25, 0.3) is 11.1 Å². The molecule has 0 fully saturated rings. The van der Waals surface area contributed by atoms with Crippen LogP contribution in [0.3, 0.4) is 0 Å². The molecule has 3 rings (SSSR count). The molecule has 38 heavy (non-hydrogen) atoms. The molecular weight excluding hydrogens is 475 g/mol. The van der Waals surface area contributed by atoms with Crippen LogP contribution in [0.1, 0.15) is 100 Å². The Balaban J connectivity index is 1.46. The lowest BCUT2D eigenvalue weighted by Crippen LogP contribution is -2.09. The molecule has 3 aromatic carbocycles. The smallest absolute Gasteiger partial charge is 0.343 e. The SMILES string of the molecule is CCCCCCCCCc1ccc(-c2ccc(OC(=O)c3ccc(OCCCCCC)c(F)c3)cc2)cc1. The fourth-order valence-corrected chi connectivity index (χ4v) is 4.49. The molecule has 0 unspecified atom stereocenters. The van der Waals surface area contributed by atoms with Crippen molar-refractivity contribution in [3.05, 3.63) is 83.7 Å². The van der Waals surface area contributed by atoms with Crippen LogP contribution in [0.5, 0.6) is 11.5 Å². The largest absolute Gasteiger partial charge is 0.491 e. The summed E-state index contributed by atoms with van der Waals surface area (Å²) >= 11 is 0. The Morgan fingerprint density at radius 3 is 1.89 bits per heavy atom. The molecular formula is C34H43FO3. The molecule has 0 aliphatic rings. The summed E-state index contributed by atoms with van der Waals surface area (Å²) in [6, 6.07) is 20.3. The first-order chi connectivity index (χ1) is 18.6. The average molecular weight is 519 g/mol. The second kappa shape index (κ2) is 16.7. The van der Waals surface area contributed by atoms with Crippen molar-refractivity contribution in [2.45, 2.75) is 90.9 Å². The maximum atomic E-state index is 14.4. The van der Waals surface area contributed by atoms with Crippen LogP contribution in [-0.4, -0.2) is 12.6 Å². The van der Waals surface area contributed by atoms with Gasteiger partial charge in [-0.15, -0.1) is 0 Å². The number of rotatable bonds is 17. The van der Waals surface area contributed by atoms with E-state index in [-0.39, 0.29) is 11.3 Å². The van der Waals surface area contributed by atoms with Crippen LogP contribution >= 0.6 is 0 Å². The molecule has 3 aromatic rings. The molecule has 204 valence electrons. The zero-order valence-electron chi connectivity index (χ0n) is 23.1. The summed E-state index contributed by atoms with van der Waals surface area (Å²) in [7, 11) is 0. The quantitative estimate of drug-likeness (QED) is 0.101. The van der Waals surface area contributed by atoms with Gasteiger partial charge >= 0.3 is 5.97 Å². The molecule has 4 heteroatoms. The third kappa shape index (κ3) is 9.96. The topological polar surface area (TPSA) is 35.5 Å². The van der Waals surface area contributed by atoms with Gasteiger partial charge in [-0.3, -0.25) is 0 Å². The van der Waals surface area contributed by atoms with Gasteiger partial charge in [0.2, 0.25) is 0 Å². The van der Waals surface area contributed by atoms with Gasteiger partial charge < -0.3 is 9.47 Å². The number of hydrogen-bond acceptors (Lipinski definition) is 3. The number of carbonyl (C=O) groups excluding carboxylic acids is 1. The molecule has 0 bridgehead atoms. The van der Waals surface area contributed by atoms with Crippen LogP contribution in [0.15, 0.2) is 66.7 Å². The second-order valence-electron chi connectivity index (χ2n) is 10.0. The Morgan fingerprint density at radius 1 is 0.684 bits per heavy atom. The van der Waals surface area contributed by atoms with Gasteiger partial charge in [0, 0.05) is 0 Å². The Bertz CT molecular complexity index is 1090. The monoisotopic (exact) mass is 518 g/mol.